The fourth-order valence-corrected chi connectivity index (χ4v) is 2.84. The van der Waals surface area contributed by atoms with Crippen LogP contribution in [0, 0.1) is 6.92 Å². The highest BCUT2D eigenvalue weighted by Gasteiger charge is 2.27. The van der Waals surface area contributed by atoms with Crippen LogP contribution in [0.1, 0.15) is 29.9 Å². The maximum absolute atomic E-state index is 12.6. The Hall–Kier alpha value is -2.21. The van der Waals surface area contributed by atoms with Gasteiger partial charge in [0.15, 0.2) is 5.69 Å². The molecule has 1 amide bonds. The van der Waals surface area contributed by atoms with Gasteiger partial charge in [-0.3, -0.25) is 4.79 Å². The van der Waals surface area contributed by atoms with E-state index in [1.807, 2.05) is 36.1 Å². The van der Waals surface area contributed by atoms with Gasteiger partial charge in [0, 0.05) is 25.2 Å². The number of nitrogens with one attached hydrogen (secondary N) is 1. The molecule has 1 aromatic carbocycles. The predicted octanol–water partition coefficient (Wildman–Crippen LogP) is 1.40. The van der Waals surface area contributed by atoms with Crippen molar-refractivity contribution in [2.75, 3.05) is 13.1 Å². The molecule has 1 aliphatic heterocycles. The first-order chi connectivity index (χ1) is 10.5. The van der Waals surface area contributed by atoms with Gasteiger partial charge in [0.25, 0.3) is 5.91 Å². The van der Waals surface area contributed by atoms with E-state index in [0.29, 0.717) is 30.9 Å². The van der Waals surface area contributed by atoms with Gasteiger partial charge in [-0.15, -0.1) is 5.10 Å². The van der Waals surface area contributed by atoms with Gasteiger partial charge in [-0.1, -0.05) is 22.9 Å². The highest BCUT2D eigenvalue weighted by atomic mass is 16.2. The first-order valence-corrected chi connectivity index (χ1v) is 7.57. The molecule has 0 aliphatic carbocycles. The average Bonchev–Trinajstić information content (AvgIpc) is 2.96. The molecule has 1 aliphatic rings. The maximum Gasteiger partial charge on any atom is 0.276 e. The molecule has 0 bridgehead atoms. The molecule has 6 heteroatoms. The lowest BCUT2D eigenvalue weighted by Gasteiger charge is -2.35. The Balaban J connectivity index is 1.78. The normalized spacial score (nSPS) is 21.9. The van der Waals surface area contributed by atoms with E-state index in [1.165, 1.54) is 5.56 Å². The molecule has 6 nitrogen and oxygen atoms in total. The van der Waals surface area contributed by atoms with Gasteiger partial charge < -0.3 is 10.2 Å². The molecule has 0 saturated carbocycles. The molecule has 1 saturated heterocycles. The van der Waals surface area contributed by atoms with Gasteiger partial charge in [0.1, 0.15) is 0 Å². The van der Waals surface area contributed by atoms with Gasteiger partial charge in [-0.05, 0) is 32.9 Å². The molecule has 0 radical (unpaired) electrons. The lowest BCUT2D eigenvalue weighted by atomic mass is 10.1. The number of aryl methyl sites for hydroxylation is 1. The summed E-state index contributed by atoms with van der Waals surface area (Å²) in [5.41, 5.74) is 2.48. The quantitative estimate of drug-likeness (QED) is 0.910. The van der Waals surface area contributed by atoms with Crippen molar-refractivity contribution in [2.24, 2.45) is 0 Å². The standard InChI is InChI=1S/C16H21N5O/c1-11-4-6-14(7-5-11)21-10-15(18-19-21)16(22)20-8-12(2)17-13(3)9-20/h4-7,10,12-13,17H,8-9H2,1-3H3. The van der Waals surface area contributed by atoms with Crippen LogP contribution in [-0.2, 0) is 0 Å². The Morgan fingerprint density at radius 2 is 1.82 bits per heavy atom. The van der Waals surface area contributed by atoms with Crippen molar-refractivity contribution < 1.29 is 4.79 Å². The summed E-state index contributed by atoms with van der Waals surface area (Å²) in [5.74, 6) is -0.0569. The van der Waals surface area contributed by atoms with E-state index < -0.39 is 0 Å². The number of carbonyl (C=O) groups is 1. The Morgan fingerprint density at radius 1 is 1.18 bits per heavy atom. The van der Waals surface area contributed by atoms with Crippen molar-refractivity contribution in [3.05, 3.63) is 41.7 Å². The first kappa shape index (κ1) is 14.7. The maximum atomic E-state index is 12.6. The molecule has 2 aromatic rings. The number of nitrogens with zero attached hydrogens (tertiary/aromatic N) is 4. The second-order valence-electron chi connectivity index (χ2n) is 6.06. The summed E-state index contributed by atoms with van der Waals surface area (Å²) in [4.78, 5) is 14.4. The van der Waals surface area contributed by atoms with Crippen LogP contribution in [0.15, 0.2) is 30.5 Å². The molecular weight excluding hydrogens is 278 g/mol. The molecule has 116 valence electrons. The minimum atomic E-state index is -0.0569. The van der Waals surface area contributed by atoms with Crippen LogP contribution in [0.25, 0.3) is 5.69 Å². The van der Waals surface area contributed by atoms with Crippen LogP contribution in [0.2, 0.25) is 0 Å². The SMILES string of the molecule is Cc1ccc(-n2cc(C(=O)N3CC(C)NC(C)C3)nn2)cc1. The molecule has 1 aromatic heterocycles. The Labute approximate surface area is 130 Å². The van der Waals surface area contributed by atoms with Crippen LogP contribution in [0.4, 0.5) is 0 Å². The monoisotopic (exact) mass is 299 g/mol. The summed E-state index contributed by atoms with van der Waals surface area (Å²) in [7, 11) is 0. The molecule has 2 atom stereocenters. The molecular formula is C16H21N5O. The van der Waals surface area contributed by atoms with Crippen molar-refractivity contribution in [3.63, 3.8) is 0 Å². The number of amides is 1. The molecule has 2 heterocycles. The fraction of sp³-hybridized carbons (Fsp3) is 0.438. The summed E-state index contributed by atoms with van der Waals surface area (Å²) in [6.07, 6.45) is 1.70. The molecule has 1 fully saturated rings. The molecule has 0 spiro atoms. The molecule has 2 unspecified atom stereocenters. The number of hydrogen-bond donors (Lipinski definition) is 1. The number of aromatic nitrogens is 3. The van der Waals surface area contributed by atoms with E-state index in [4.69, 9.17) is 0 Å². The lowest BCUT2D eigenvalue weighted by molar-refractivity contribution is 0.0667. The topological polar surface area (TPSA) is 63.1 Å². The van der Waals surface area contributed by atoms with Gasteiger partial charge in [0.2, 0.25) is 0 Å². The van der Waals surface area contributed by atoms with Crippen molar-refractivity contribution in [3.8, 4) is 5.69 Å². The molecule has 3 rings (SSSR count). The summed E-state index contributed by atoms with van der Waals surface area (Å²) >= 11 is 0. The molecule has 22 heavy (non-hydrogen) atoms. The van der Waals surface area contributed by atoms with Gasteiger partial charge in [0.05, 0.1) is 11.9 Å². The van der Waals surface area contributed by atoms with E-state index in [0.717, 1.165) is 5.69 Å². The van der Waals surface area contributed by atoms with Crippen molar-refractivity contribution in [1.29, 1.82) is 0 Å². The van der Waals surface area contributed by atoms with Crippen LogP contribution < -0.4 is 5.32 Å². The number of hydrogen-bond acceptors (Lipinski definition) is 4. The second-order valence-corrected chi connectivity index (χ2v) is 6.06. The van der Waals surface area contributed by atoms with Crippen LogP contribution in [0.5, 0.6) is 0 Å². The van der Waals surface area contributed by atoms with Crippen LogP contribution in [0.3, 0.4) is 0 Å². The number of benzene rings is 1. The van der Waals surface area contributed by atoms with E-state index in [-0.39, 0.29) is 5.91 Å². The summed E-state index contributed by atoms with van der Waals surface area (Å²) in [5, 5.41) is 11.5. The zero-order valence-electron chi connectivity index (χ0n) is 13.2. The second kappa shape index (κ2) is 5.88. The average molecular weight is 299 g/mol. The summed E-state index contributed by atoms with van der Waals surface area (Å²) in [6, 6.07) is 8.54. The molecule has 1 N–H and O–H groups in total. The zero-order valence-corrected chi connectivity index (χ0v) is 13.2. The van der Waals surface area contributed by atoms with Crippen molar-refractivity contribution >= 4 is 5.91 Å². The van der Waals surface area contributed by atoms with Gasteiger partial charge in [-0.2, -0.15) is 0 Å². The smallest absolute Gasteiger partial charge is 0.276 e. The van der Waals surface area contributed by atoms with Crippen LogP contribution >= 0.6 is 0 Å². The van der Waals surface area contributed by atoms with Gasteiger partial charge in [-0.25, -0.2) is 4.68 Å². The predicted molar refractivity (Wildman–Crippen MR) is 84.1 cm³/mol. The Bertz CT molecular complexity index is 653. The largest absolute Gasteiger partial charge is 0.334 e. The summed E-state index contributed by atoms with van der Waals surface area (Å²) in [6.45, 7) is 7.59. The Kier molecular flexibility index (Phi) is 3.94. The minimum Gasteiger partial charge on any atom is -0.334 e. The highest BCUT2D eigenvalue weighted by Crippen LogP contribution is 2.12. The van der Waals surface area contributed by atoms with Crippen LogP contribution in [-0.4, -0.2) is 51.0 Å². The highest BCUT2D eigenvalue weighted by molar-refractivity contribution is 5.92. The number of rotatable bonds is 2. The van der Waals surface area contributed by atoms with Crippen molar-refractivity contribution in [2.45, 2.75) is 32.9 Å². The van der Waals surface area contributed by atoms with E-state index >= 15 is 0 Å². The summed E-state index contributed by atoms with van der Waals surface area (Å²) < 4.78 is 1.64. The number of piperazine rings is 1. The minimum absolute atomic E-state index is 0.0569. The number of carbonyl (C=O) groups excluding carboxylic acids is 1. The van der Waals surface area contributed by atoms with E-state index in [9.17, 15) is 4.79 Å². The first-order valence-electron chi connectivity index (χ1n) is 7.57. The van der Waals surface area contributed by atoms with Crippen molar-refractivity contribution in [1.82, 2.24) is 25.2 Å². The third-order valence-electron chi connectivity index (χ3n) is 3.86. The van der Waals surface area contributed by atoms with Gasteiger partial charge >= 0.3 is 0 Å². The zero-order chi connectivity index (χ0) is 15.7. The Morgan fingerprint density at radius 3 is 2.45 bits per heavy atom. The van der Waals surface area contributed by atoms with E-state index in [2.05, 4.69) is 29.5 Å². The van der Waals surface area contributed by atoms with E-state index in [1.54, 1.807) is 10.9 Å². The lowest BCUT2D eigenvalue weighted by Crippen LogP contribution is -2.55. The third kappa shape index (κ3) is 3.01. The fourth-order valence-electron chi connectivity index (χ4n) is 2.84. The third-order valence-corrected chi connectivity index (χ3v) is 3.86.